The van der Waals surface area contributed by atoms with E-state index in [-0.39, 0.29) is 5.56 Å². The fourth-order valence-corrected chi connectivity index (χ4v) is 4.25. The molecule has 0 atom stereocenters. The van der Waals surface area contributed by atoms with Crippen LogP contribution < -0.4 is 15.8 Å². The zero-order chi connectivity index (χ0) is 24.2. The predicted molar refractivity (Wildman–Crippen MR) is 141 cm³/mol. The molecule has 9 heteroatoms. The van der Waals surface area contributed by atoms with E-state index in [0.717, 1.165) is 30.9 Å². The lowest BCUT2D eigenvalue weighted by Gasteiger charge is -2.20. The standard InChI is InChI=1S/C25H26Cl2N6O/c1-31(2)12-5-13-32(3)18-10-8-17(9-11-18)30-23-14-22-19(15-28-23)25(34)33(16-29-22)24-20(26)6-4-7-21(24)27/h4,6-11,14-16H,5,12-13H2,1-3H3,(H,28,30). The van der Waals surface area contributed by atoms with Crippen molar-refractivity contribution in [1.29, 1.82) is 0 Å². The van der Waals surface area contributed by atoms with Crippen LogP contribution in [0.1, 0.15) is 6.42 Å². The van der Waals surface area contributed by atoms with Crippen molar-refractivity contribution >= 4 is 51.3 Å². The summed E-state index contributed by atoms with van der Waals surface area (Å²) >= 11 is 12.5. The van der Waals surface area contributed by atoms with Gasteiger partial charge in [0.05, 0.1) is 26.6 Å². The molecule has 0 saturated carbocycles. The molecule has 34 heavy (non-hydrogen) atoms. The Labute approximate surface area is 208 Å². The van der Waals surface area contributed by atoms with Crippen LogP contribution in [-0.2, 0) is 0 Å². The van der Waals surface area contributed by atoms with Crippen molar-refractivity contribution in [2.24, 2.45) is 0 Å². The van der Waals surface area contributed by atoms with E-state index >= 15 is 0 Å². The molecule has 0 amide bonds. The Hall–Kier alpha value is -3.13. The van der Waals surface area contributed by atoms with Crippen molar-refractivity contribution in [2.45, 2.75) is 6.42 Å². The zero-order valence-electron chi connectivity index (χ0n) is 19.3. The van der Waals surface area contributed by atoms with Crippen LogP contribution in [0.25, 0.3) is 16.6 Å². The van der Waals surface area contributed by atoms with E-state index in [0.29, 0.717) is 32.5 Å². The smallest absolute Gasteiger partial charge is 0.267 e. The number of aromatic nitrogens is 3. The van der Waals surface area contributed by atoms with Gasteiger partial charge in [0.15, 0.2) is 0 Å². The van der Waals surface area contributed by atoms with Gasteiger partial charge >= 0.3 is 0 Å². The number of nitrogens with zero attached hydrogens (tertiary/aromatic N) is 5. The first kappa shape index (κ1) is 24.0. The number of hydrogen-bond donors (Lipinski definition) is 1. The topological polar surface area (TPSA) is 66.3 Å². The van der Waals surface area contributed by atoms with Crippen molar-refractivity contribution in [3.63, 3.8) is 0 Å². The van der Waals surface area contributed by atoms with Gasteiger partial charge in [0.2, 0.25) is 0 Å². The van der Waals surface area contributed by atoms with Gasteiger partial charge in [-0.2, -0.15) is 0 Å². The highest BCUT2D eigenvalue weighted by molar-refractivity contribution is 6.37. The number of halogens is 2. The molecule has 0 bridgehead atoms. The molecule has 0 aliphatic carbocycles. The molecule has 1 N–H and O–H groups in total. The van der Waals surface area contributed by atoms with Crippen LogP contribution in [0.15, 0.2) is 65.8 Å². The molecule has 7 nitrogen and oxygen atoms in total. The summed E-state index contributed by atoms with van der Waals surface area (Å²) in [6.45, 7) is 2.04. The van der Waals surface area contributed by atoms with Gasteiger partial charge in [0.25, 0.3) is 5.56 Å². The molecular formula is C25H26Cl2N6O. The van der Waals surface area contributed by atoms with Gasteiger partial charge < -0.3 is 15.1 Å². The molecule has 0 aliphatic rings. The third-order valence-corrected chi connectivity index (χ3v) is 6.11. The first-order valence-electron chi connectivity index (χ1n) is 10.9. The van der Waals surface area contributed by atoms with Gasteiger partial charge in [0, 0.05) is 37.2 Å². The van der Waals surface area contributed by atoms with E-state index in [1.807, 2.05) is 12.1 Å². The quantitative estimate of drug-likeness (QED) is 0.360. The lowest BCUT2D eigenvalue weighted by molar-refractivity contribution is 0.401. The van der Waals surface area contributed by atoms with Crippen LogP contribution >= 0.6 is 23.2 Å². The first-order valence-corrected chi connectivity index (χ1v) is 11.6. The Kier molecular flexibility index (Phi) is 7.36. The number of rotatable bonds is 8. The van der Waals surface area contributed by atoms with E-state index in [2.05, 4.69) is 58.4 Å². The molecule has 176 valence electrons. The van der Waals surface area contributed by atoms with Crippen LogP contribution in [0, 0.1) is 0 Å². The minimum atomic E-state index is -0.291. The lowest BCUT2D eigenvalue weighted by atomic mass is 10.2. The maximum absolute atomic E-state index is 13.1. The minimum absolute atomic E-state index is 0.291. The molecule has 0 radical (unpaired) electrons. The van der Waals surface area contributed by atoms with Gasteiger partial charge in [0.1, 0.15) is 12.1 Å². The molecule has 0 unspecified atom stereocenters. The Morgan fingerprint density at radius 3 is 2.35 bits per heavy atom. The summed E-state index contributed by atoms with van der Waals surface area (Å²) in [5.41, 5.74) is 2.68. The maximum Gasteiger partial charge on any atom is 0.267 e. The van der Waals surface area contributed by atoms with Gasteiger partial charge in [-0.3, -0.25) is 9.36 Å². The van der Waals surface area contributed by atoms with Crippen molar-refractivity contribution < 1.29 is 0 Å². The molecule has 0 saturated heterocycles. The minimum Gasteiger partial charge on any atom is -0.375 e. The molecular weight excluding hydrogens is 471 g/mol. The normalized spacial score (nSPS) is 11.2. The van der Waals surface area contributed by atoms with Crippen LogP contribution in [-0.4, -0.2) is 53.7 Å². The highest BCUT2D eigenvalue weighted by Gasteiger charge is 2.13. The van der Waals surface area contributed by atoms with Crippen LogP contribution in [0.3, 0.4) is 0 Å². The Morgan fingerprint density at radius 1 is 0.971 bits per heavy atom. The highest BCUT2D eigenvalue weighted by Crippen LogP contribution is 2.27. The van der Waals surface area contributed by atoms with Crippen LogP contribution in [0.5, 0.6) is 0 Å². The summed E-state index contributed by atoms with van der Waals surface area (Å²) < 4.78 is 1.34. The zero-order valence-corrected chi connectivity index (χ0v) is 20.8. The number of benzene rings is 2. The van der Waals surface area contributed by atoms with Crippen LogP contribution in [0.2, 0.25) is 10.0 Å². The summed E-state index contributed by atoms with van der Waals surface area (Å²) in [4.78, 5) is 26.3. The average Bonchev–Trinajstić information content (AvgIpc) is 2.80. The van der Waals surface area contributed by atoms with Crippen LogP contribution in [0.4, 0.5) is 17.2 Å². The first-order chi connectivity index (χ1) is 16.3. The Balaban J connectivity index is 1.52. The molecule has 4 aromatic rings. The van der Waals surface area contributed by atoms with Crippen molar-refractivity contribution in [2.75, 3.05) is 44.4 Å². The number of hydrogen-bond acceptors (Lipinski definition) is 6. The van der Waals surface area contributed by atoms with E-state index in [9.17, 15) is 4.79 Å². The number of anilines is 3. The van der Waals surface area contributed by atoms with E-state index in [1.54, 1.807) is 24.3 Å². The third kappa shape index (κ3) is 5.33. The second-order valence-corrected chi connectivity index (χ2v) is 9.14. The fraction of sp³-hybridized carbons (Fsp3) is 0.240. The molecule has 0 spiro atoms. The van der Waals surface area contributed by atoms with E-state index < -0.39 is 0 Å². The summed E-state index contributed by atoms with van der Waals surface area (Å²) in [6.07, 6.45) is 4.05. The second-order valence-electron chi connectivity index (χ2n) is 8.33. The Bertz CT molecular complexity index is 1330. The fourth-order valence-electron chi connectivity index (χ4n) is 3.67. The van der Waals surface area contributed by atoms with Gasteiger partial charge in [-0.1, -0.05) is 29.3 Å². The van der Waals surface area contributed by atoms with Gasteiger partial charge in [-0.15, -0.1) is 0 Å². The Morgan fingerprint density at radius 2 is 1.68 bits per heavy atom. The molecule has 0 fully saturated rings. The maximum atomic E-state index is 13.1. The average molecular weight is 497 g/mol. The number of nitrogens with one attached hydrogen (secondary N) is 1. The molecule has 2 aromatic heterocycles. The number of fused-ring (bicyclic) bond motifs is 1. The van der Waals surface area contributed by atoms with Gasteiger partial charge in [-0.05, 0) is 63.5 Å². The summed E-state index contributed by atoms with van der Waals surface area (Å²) in [6, 6.07) is 15.0. The van der Waals surface area contributed by atoms with E-state index in [4.69, 9.17) is 23.2 Å². The van der Waals surface area contributed by atoms with Crippen molar-refractivity contribution in [3.8, 4) is 5.69 Å². The molecule has 4 rings (SSSR count). The molecule has 2 heterocycles. The van der Waals surface area contributed by atoms with E-state index in [1.165, 1.54) is 17.1 Å². The highest BCUT2D eigenvalue weighted by atomic mass is 35.5. The third-order valence-electron chi connectivity index (χ3n) is 5.50. The largest absolute Gasteiger partial charge is 0.375 e. The molecule has 2 aromatic carbocycles. The van der Waals surface area contributed by atoms with Crippen molar-refractivity contribution in [1.82, 2.24) is 19.4 Å². The number of pyridine rings is 1. The van der Waals surface area contributed by atoms with Gasteiger partial charge in [-0.25, -0.2) is 9.97 Å². The molecule has 0 aliphatic heterocycles. The summed E-state index contributed by atoms with van der Waals surface area (Å²) in [5, 5.41) is 4.39. The summed E-state index contributed by atoms with van der Waals surface area (Å²) in [7, 11) is 6.26. The lowest BCUT2D eigenvalue weighted by Crippen LogP contribution is -2.23. The summed E-state index contributed by atoms with van der Waals surface area (Å²) in [5.74, 6) is 0.597. The van der Waals surface area contributed by atoms with Crippen molar-refractivity contribution in [3.05, 3.63) is 81.5 Å². The predicted octanol–water partition coefficient (Wildman–Crippen LogP) is 5.22. The number of para-hydroxylation sites is 1. The second kappa shape index (κ2) is 10.4. The SMILES string of the molecule is CN(C)CCCN(C)c1ccc(Nc2cc3ncn(-c4c(Cl)cccc4Cl)c(=O)c3cn2)cc1. The monoisotopic (exact) mass is 496 g/mol.